The van der Waals surface area contributed by atoms with E-state index in [0.29, 0.717) is 6.42 Å². The first-order valence-electron chi connectivity index (χ1n) is 20.3. The summed E-state index contributed by atoms with van der Waals surface area (Å²) in [5.41, 5.74) is 0. The molecule has 0 heterocycles. The van der Waals surface area contributed by atoms with Gasteiger partial charge >= 0.3 is 19.8 Å². The third kappa shape index (κ3) is 36.1. The average Bonchev–Trinajstić information content (AvgIpc) is 3.09. The Kier molecular flexibility index (Phi) is 35.8. The molecular formula is C41H75O8P. The van der Waals surface area contributed by atoms with E-state index >= 15 is 0 Å². The number of carbonyl (C=O) groups excluding carboxylic acids is 2. The van der Waals surface area contributed by atoms with Crippen LogP contribution < -0.4 is 0 Å². The van der Waals surface area contributed by atoms with E-state index in [2.05, 4.69) is 50.3 Å². The van der Waals surface area contributed by atoms with Crippen LogP contribution in [-0.4, -0.2) is 42.8 Å². The molecule has 8 nitrogen and oxygen atoms in total. The summed E-state index contributed by atoms with van der Waals surface area (Å²) in [4.78, 5) is 34.6. The van der Waals surface area contributed by atoms with E-state index in [4.69, 9.17) is 18.5 Å². The quantitative estimate of drug-likeness (QED) is 0.0292. The number of phosphoric ester groups is 1. The molecule has 0 aliphatic rings. The normalized spacial score (nSPS) is 13.8. The van der Waals surface area contributed by atoms with Gasteiger partial charge in [0.15, 0.2) is 6.10 Å². The summed E-state index contributed by atoms with van der Waals surface area (Å²) in [6.45, 7) is 5.41. The molecule has 0 aromatic heterocycles. The van der Waals surface area contributed by atoms with Gasteiger partial charge in [0.2, 0.25) is 0 Å². The molecule has 9 heteroatoms. The van der Waals surface area contributed by atoms with Crippen LogP contribution in [0.3, 0.4) is 0 Å². The molecule has 2 unspecified atom stereocenters. The van der Waals surface area contributed by atoms with Crippen molar-refractivity contribution in [2.45, 2.75) is 194 Å². The molecule has 1 N–H and O–H groups in total. The van der Waals surface area contributed by atoms with Gasteiger partial charge in [0.05, 0.1) is 13.2 Å². The highest BCUT2D eigenvalue weighted by molar-refractivity contribution is 7.47. The van der Waals surface area contributed by atoms with Gasteiger partial charge in [-0.1, -0.05) is 134 Å². The third-order valence-corrected chi connectivity index (χ3v) is 9.48. The van der Waals surface area contributed by atoms with Crippen LogP contribution in [0.4, 0.5) is 0 Å². The summed E-state index contributed by atoms with van der Waals surface area (Å²) in [7, 11) is -4.28. The number of hydrogen-bond donors (Lipinski definition) is 1. The van der Waals surface area contributed by atoms with Crippen LogP contribution >= 0.6 is 7.82 Å². The van der Waals surface area contributed by atoms with Crippen LogP contribution in [-0.2, 0) is 32.7 Å². The summed E-state index contributed by atoms with van der Waals surface area (Å²) in [5.74, 6) is -0.817. The second kappa shape index (κ2) is 37.0. The first-order chi connectivity index (χ1) is 24.3. The lowest BCUT2D eigenvalue weighted by molar-refractivity contribution is -0.161. The van der Waals surface area contributed by atoms with Gasteiger partial charge in [-0.05, 0) is 77.6 Å². The predicted molar refractivity (Wildman–Crippen MR) is 207 cm³/mol. The Labute approximate surface area is 306 Å². The molecule has 2 atom stereocenters. The van der Waals surface area contributed by atoms with Gasteiger partial charge in [-0.25, -0.2) is 4.57 Å². The lowest BCUT2D eigenvalue weighted by Gasteiger charge is -2.19. The predicted octanol–water partition coefficient (Wildman–Crippen LogP) is 12.4. The summed E-state index contributed by atoms with van der Waals surface area (Å²) >= 11 is 0. The number of esters is 2. The molecule has 0 aromatic rings. The molecule has 0 bridgehead atoms. The van der Waals surface area contributed by atoms with Crippen LogP contribution in [0.15, 0.2) is 36.5 Å². The zero-order valence-corrected chi connectivity index (χ0v) is 33.2. The Balaban J connectivity index is 4.14. The largest absolute Gasteiger partial charge is 0.472 e. The van der Waals surface area contributed by atoms with Crippen molar-refractivity contribution < 1.29 is 37.6 Å². The Hall–Kier alpha value is -1.73. The van der Waals surface area contributed by atoms with E-state index in [-0.39, 0.29) is 32.0 Å². The molecule has 292 valence electrons. The van der Waals surface area contributed by atoms with Crippen LogP contribution in [0.1, 0.15) is 188 Å². The van der Waals surface area contributed by atoms with Crippen molar-refractivity contribution in [3.8, 4) is 0 Å². The minimum Gasteiger partial charge on any atom is -0.462 e. The number of carbonyl (C=O) groups is 2. The van der Waals surface area contributed by atoms with E-state index < -0.39 is 26.5 Å². The smallest absolute Gasteiger partial charge is 0.462 e. The van der Waals surface area contributed by atoms with Gasteiger partial charge in [0.25, 0.3) is 0 Å². The van der Waals surface area contributed by atoms with E-state index in [1.807, 2.05) is 0 Å². The minimum atomic E-state index is -4.28. The molecule has 0 saturated carbocycles. The fraction of sp³-hybridized carbons (Fsp3) is 0.805. The summed E-state index contributed by atoms with van der Waals surface area (Å²) < 4.78 is 32.6. The number of phosphoric acid groups is 1. The highest BCUT2D eigenvalue weighted by Gasteiger charge is 2.25. The van der Waals surface area contributed by atoms with Crippen molar-refractivity contribution >= 4 is 19.8 Å². The van der Waals surface area contributed by atoms with Crippen molar-refractivity contribution in [1.29, 1.82) is 0 Å². The number of hydrogen-bond acceptors (Lipinski definition) is 7. The molecule has 0 aliphatic heterocycles. The second-order valence-corrected chi connectivity index (χ2v) is 14.7. The number of allylic oxidation sites excluding steroid dienone is 6. The summed E-state index contributed by atoms with van der Waals surface area (Å²) in [6.07, 6.45) is 40.5. The van der Waals surface area contributed by atoms with Crippen LogP contribution in [0.2, 0.25) is 0 Å². The topological polar surface area (TPSA) is 108 Å². The Bertz CT molecular complexity index is 916. The summed E-state index contributed by atoms with van der Waals surface area (Å²) in [6, 6.07) is 0. The van der Waals surface area contributed by atoms with E-state index in [1.165, 1.54) is 77.0 Å². The molecule has 0 radical (unpaired) electrons. The SMILES string of the molecule is CCCCC/C=C\C/C=C\CCCCCCCCCC(=O)OC(COC(=O)CCCCCCC/C=C\CCCCCC)COP(=O)(O)OCC. The molecular weight excluding hydrogens is 651 g/mol. The van der Waals surface area contributed by atoms with Gasteiger partial charge in [0, 0.05) is 12.8 Å². The molecule has 0 rings (SSSR count). The average molecular weight is 727 g/mol. The van der Waals surface area contributed by atoms with Gasteiger partial charge in [-0.3, -0.25) is 18.6 Å². The van der Waals surface area contributed by atoms with Crippen LogP contribution in [0, 0.1) is 0 Å². The molecule has 0 spiro atoms. The van der Waals surface area contributed by atoms with Crippen LogP contribution in [0.5, 0.6) is 0 Å². The van der Waals surface area contributed by atoms with Crippen molar-refractivity contribution in [3.63, 3.8) is 0 Å². The zero-order valence-electron chi connectivity index (χ0n) is 32.3. The van der Waals surface area contributed by atoms with Crippen LogP contribution in [0.25, 0.3) is 0 Å². The zero-order chi connectivity index (χ0) is 36.8. The molecule has 0 aromatic carbocycles. The maximum atomic E-state index is 12.5. The standard InChI is InChI=1S/C41H75O8P/c1-4-7-9-11-13-15-17-19-20-21-22-24-26-28-30-32-34-36-41(43)49-39(38-48-50(44,45)47-6-3)37-46-40(42)35-33-31-29-27-25-23-18-16-14-12-10-8-5-2/h13,15-16,18-20,39H,4-12,14,17,21-38H2,1-3H3,(H,44,45)/b15-13-,18-16-,20-19-. The van der Waals surface area contributed by atoms with E-state index in [9.17, 15) is 19.0 Å². The second-order valence-electron chi connectivity index (χ2n) is 13.3. The van der Waals surface area contributed by atoms with Crippen molar-refractivity contribution in [3.05, 3.63) is 36.5 Å². The fourth-order valence-electron chi connectivity index (χ4n) is 5.42. The van der Waals surface area contributed by atoms with Gasteiger partial charge in [-0.2, -0.15) is 0 Å². The first kappa shape index (κ1) is 48.3. The minimum absolute atomic E-state index is 0.00276. The Morgan fingerprint density at radius 2 is 0.960 bits per heavy atom. The summed E-state index contributed by atoms with van der Waals surface area (Å²) in [5, 5.41) is 0. The Morgan fingerprint density at radius 3 is 1.48 bits per heavy atom. The number of ether oxygens (including phenoxy) is 2. The lowest BCUT2D eigenvalue weighted by atomic mass is 10.1. The number of unbranched alkanes of at least 4 members (excludes halogenated alkanes) is 19. The van der Waals surface area contributed by atoms with Gasteiger partial charge < -0.3 is 14.4 Å². The van der Waals surface area contributed by atoms with Crippen molar-refractivity contribution in [2.75, 3.05) is 19.8 Å². The molecule has 0 saturated heterocycles. The first-order valence-corrected chi connectivity index (χ1v) is 21.8. The van der Waals surface area contributed by atoms with Gasteiger partial charge in [0.1, 0.15) is 6.61 Å². The highest BCUT2D eigenvalue weighted by atomic mass is 31.2. The van der Waals surface area contributed by atoms with Gasteiger partial charge in [-0.15, -0.1) is 0 Å². The molecule has 0 amide bonds. The molecule has 0 fully saturated rings. The number of rotatable bonds is 37. The lowest BCUT2D eigenvalue weighted by Crippen LogP contribution is -2.29. The van der Waals surface area contributed by atoms with Crippen molar-refractivity contribution in [2.24, 2.45) is 0 Å². The van der Waals surface area contributed by atoms with E-state index in [1.54, 1.807) is 6.92 Å². The fourth-order valence-corrected chi connectivity index (χ4v) is 6.17. The maximum Gasteiger partial charge on any atom is 0.472 e. The van der Waals surface area contributed by atoms with E-state index in [0.717, 1.165) is 70.6 Å². The monoisotopic (exact) mass is 727 g/mol. The highest BCUT2D eigenvalue weighted by Crippen LogP contribution is 2.43. The Morgan fingerprint density at radius 1 is 0.540 bits per heavy atom. The third-order valence-electron chi connectivity index (χ3n) is 8.42. The molecule has 50 heavy (non-hydrogen) atoms. The maximum absolute atomic E-state index is 12.5. The van der Waals surface area contributed by atoms with Crippen molar-refractivity contribution in [1.82, 2.24) is 0 Å². The molecule has 0 aliphatic carbocycles.